The van der Waals surface area contributed by atoms with Crippen molar-refractivity contribution in [1.29, 1.82) is 0 Å². The first-order chi connectivity index (χ1) is 11.6. The molecule has 3 rings (SSSR count). The maximum Gasteiger partial charge on any atom is 0.280 e. The van der Waals surface area contributed by atoms with Gasteiger partial charge in [-0.15, -0.1) is 0 Å². The van der Waals surface area contributed by atoms with Crippen LogP contribution in [0.3, 0.4) is 0 Å². The third kappa shape index (κ3) is 3.34. The van der Waals surface area contributed by atoms with Gasteiger partial charge in [-0.1, -0.05) is 59.9 Å². The van der Waals surface area contributed by atoms with Crippen LogP contribution in [0, 0.1) is 0 Å². The molecule has 0 fully saturated rings. The van der Waals surface area contributed by atoms with Gasteiger partial charge in [-0.25, -0.2) is 0 Å². The van der Waals surface area contributed by atoms with Gasteiger partial charge < -0.3 is 0 Å². The highest BCUT2D eigenvalue weighted by atomic mass is 32.2. The van der Waals surface area contributed by atoms with Gasteiger partial charge in [0, 0.05) is 23.9 Å². The molecular formula is C18H16N2O2S2. The third-order valence-electron chi connectivity index (χ3n) is 3.56. The smallest absolute Gasteiger partial charge is 0.267 e. The lowest BCUT2D eigenvalue weighted by atomic mass is 10.4. The molecule has 0 N–H and O–H groups in total. The average Bonchev–Trinajstić information content (AvgIpc) is 2.63. The number of rotatable bonds is 4. The van der Waals surface area contributed by atoms with Crippen molar-refractivity contribution in [2.75, 3.05) is 0 Å². The van der Waals surface area contributed by atoms with E-state index in [0.29, 0.717) is 9.79 Å². The molecule has 0 spiro atoms. The molecule has 24 heavy (non-hydrogen) atoms. The topological polar surface area (TPSA) is 44.0 Å². The van der Waals surface area contributed by atoms with Crippen LogP contribution in [0.25, 0.3) is 0 Å². The van der Waals surface area contributed by atoms with Gasteiger partial charge in [-0.2, -0.15) is 0 Å². The molecule has 0 amide bonds. The van der Waals surface area contributed by atoms with Crippen LogP contribution in [0.1, 0.15) is 0 Å². The Kier molecular flexibility index (Phi) is 4.97. The summed E-state index contributed by atoms with van der Waals surface area (Å²) in [6.45, 7) is 0. The molecule has 122 valence electrons. The zero-order chi connectivity index (χ0) is 17.1. The number of benzene rings is 2. The van der Waals surface area contributed by atoms with Gasteiger partial charge in [0.25, 0.3) is 11.1 Å². The lowest BCUT2D eigenvalue weighted by Crippen LogP contribution is -2.37. The van der Waals surface area contributed by atoms with Crippen molar-refractivity contribution in [2.24, 2.45) is 14.1 Å². The molecule has 1 aromatic heterocycles. The molecule has 3 aromatic rings. The van der Waals surface area contributed by atoms with Crippen LogP contribution in [0.4, 0.5) is 0 Å². The molecule has 4 nitrogen and oxygen atoms in total. The standard InChI is InChI=1S/C18H16N2O2S2/c1-19-17(21)15(23-13-9-5-3-6-10-13)16(18(22)20(19)2)24-14-11-7-4-8-12-14/h3-12H,1-2H3. The summed E-state index contributed by atoms with van der Waals surface area (Å²) >= 11 is 2.66. The van der Waals surface area contributed by atoms with E-state index in [-0.39, 0.29) is 11.1 Å². The number of hydrogen-bond acceptors (Lipinski definition) is 4. The quantitative estimate of drug-likeness (QED) is 0.719. The van der Waals surface area contributed by atoms with Gasteiger partial charge in [-0.05, 0) is 24.3 Å². The normalized spacial score (nSPS) is 10.8. The van der Waals surface area contributed by atoms with Crippen molar-refractivity contribution in [2.45, 2.75) is 19.6 Å². The SMILES string of the molecule is Cn1c(=O)c(Sc2ccccc2)c(Sc2ccccc2)c(=O)n1C. The minimum atomic E-state index is -0.176. The van der Waals surface area contributed by atoms with Crippen LogP contribution < -0.4 is 11.1 Å². The van der Waals surface area contributed by atoms with Gasteiger partial charge in [0.05, 0.1) is 9.79 Å². The molecule has 1 heterocycles. The Labute approximate surface area is 148 Å². The van der Waals surface area contributed by atoms with E-state index < -0.39 is 0 Å². The molecule has 2 aromatic carbocycles. The largest absolute Gasteiger partial charge is 0.280 e. The Morgan fingerprint density at radius 2 is 0.958 bits per heavy atom. The molecule has 0 atom stereocenters. The van der Waals surface area contributed by atoms with E-state index >= 15 is 0 Å². The maximum atomic E-state index is 12.7. The van der Waals surface area contributed by atoms with Crippen molar-refractivity contribution in [3.8, 4) is 0 Å². The fourth-order valence-corrected chi connectivity index (χ4v) is 4.26. The van der Waals surface area contributed by atoms with Crippen LogP contribution in [0.2, 0.25) is 0 Å². The fourth-order valence-electron chi connectivity index (χ4n) is 2.15. The molecule has 0 unspecified atom stereocenters. The van der Waals surface area contributed by atoms with Crippen molar-refractivity contribution < 1.29 is 0 Å². The summed E-state index contributed by atoms with van der Waals surface area (Å²) in [4.78, 5) is 28.2. The fraction of sp³-hybridized carbons (Fsp3) is 0.111. The van der Waals surface area contributed by atoms with Crippen LogP contribution >= 0.6 is 23.5 Å². The van der Waals surface area contributed by atoms with Gasteiger partial charge in [0.2, 0.25) is 0 Å². The molecular weight excluding hydrogens is 340 g/mol. The number of hydrogen-bond donors (Lipinski definition) is 0. The second kappa shape index (κ2) is 7.15. The molecule has 0 saturated heterocycles. The van der Waals surface area contributed by atoms with Gasteiger partial charge in [0.15, 0.2) is 0 Å². The van der Waals surface area contributed by atoms with E-state index in [1.165, 1.54) is 32.9 Å². The van der Waals surface area contributed by atoms with E-state index in [1.54, 1.807) is 14.1 Å². The minimum absolute atomic E-state index is 0.176. The molecule has 0 aliphatic heterocycles. The zero-order valence-electron chi connectivity index (χ0n) is 13.3. The minimum Gasteiger partial charge on any atom is -0.267 e. The predicted octanol–water partition coefficient (Wildman–Crippen LogP) is 3.39. The molecule has 0 aliphatic carbocycles. The summed E-state index contributed by atoms with van der Waals surface area (Å²) in [5.41, 5.74) is -0.353. The maximum absolute atomic E-state index is 12.7. The average molecular weight is 356 g/mol. The van der Waals surface area contributed by atoms with Crippen LogP contribution in [0.5, 0.6) is 0 Å². The third-order valence-corrected chi connectivity index (χ3v) is 5.87. The monoisotopic (exact) mass is 356 g/mol. The van der Waals surface area contributed by atoms with Crippen molar-refractivity contribution >= 4 is 23.5 Å². The summed E-state index contributed by atoms with van der Waals surface area (Å²) in [5.74, 6) is 0. The highest BCUT2D eigenvalue weighted by Crippen LogP contribution is 2.34. The highest BCUT2D eigenvalue weighted by Gasteiger charge is 2.18. The van der Waals surface area contributed by atoms with Gasteiger partial charge in [-0.3, -0.25) is 19.0 Å². The van der Waals surface area contributed by atoms with Crippen molar-refractivity contribution in [3.05, 3.63) is 81.4 Å². The van der Waals surface area contributed by atoms with Crippen LogP contribution in [-0.2, 0) is 14.1 Å². The molecule has 0 radical (unpaired) electrons. The summed E-state index contributed by atoms with van der Waals surface area (Å²) < 4.78 is 2.70. The number of nitrogens with zero attached hydrogens (tertiary/aromatic N) is 2. The first kappa shape index (κ1) is 16.7. The Bertz CT molecular complexity index is 884. The lowest BCUT2D eigenvalue weighted by Gasteiger charge is -2.13. The van der Waals surface area contributed by atoms with E-state index in [4.69, 9.17) is 0 Å². The summed E-state index contributed by atoms with van der Waals surface area (Å²) in [7, 11) is 3.21. The molecule has 0 bridgehead atoms. The first-order valence-corrected chi connectivity index (χ1v) is 8.97. The van der Waals surface area contributed by atoms with Gasteiger partial charge in [0.1, 0.15) is 0 Å². The van der Waals surface area contributed by atoms with E-state index in [1.807, 2.05) is 60.7 Å². The van der Waals surface area contributed by atoms with E-state index in [0.717, 1.165) is 9.79 Å². The number of aromatic nitrogens is 2. The van der Waals surface area contributed by atoms with Crippen molar-refractivity contribution in [3.63, 3.8) is 0 Å². The highest BCUT2D eigenvalue weighted by molar-refractivity contribution is 8.02. The molecule has 0 saturated carbocycles. The van der Waals surface area contributed by atoms with Crippen LogP contribution in [0.15, 0.2) is 89.8 Å². The Hall–Kier alpha value is -2.18. The van der Waals surface area contributed by atoms with Crippen LogP contribution in [-0.4, -0.2) is 9.36 Å². The Balaban J connectivity index is 2.15. The summed E-state index contributed by atoms with van der Waals surface area (Å²) in [6.07, 6.45) is 0. The Morgan fingerprint density at radius 1 is 0.625 bits per heavy atom. The molecule has 0 aliphatic rings. The predicted molar refractivity (Wildman–Crippen MR) is 98.1 cm³/mol. The van der Waals surface area contributed by atoms with E-state index in [9.17, 15) is 9.59 Å². The first-order valence-electron chi connectivity index (χ1n) is 7.34. The molecule has 6 heteroatoms. The van der Waals surface area contributed by atoms with E-state index in [2.05, 4.69) is 0 Å². The second-order valence-corrected chi connectivity index (χ2v) is 7.31. The Morgan fingerprint density at radius 3 is 1.29 bits per heavy atom. The second-order valence-electron chi connectivity index (χ2n) is 5.15. The summed E-state index contributed by atoms with van der Waals surface area (Å²) in [6, 6.07) is 19.2. The zero-order valence-corrected chi connectivity index (χ0v) is 14.9. The lowest BCUT2D eigenvalue weighted by molar-refractivity contribution is 0.507. The summed E-state index contributed by atoms with van der Waals surface area (Å²) in [5, 5.41) is 0. The van der Waals surface area contributed by atoms with Gasteiger partial charge >= 0.3 is 0 Å². The van der Waals surface area contributed by atoms with Crippen molar-refractivity contribution in [1.82, 2.24) is 9.36 Å².